The van der Waals surface area contributed by atoms with Crippen molar-refractivity contribution in [3.63, 3.8) is 0 Å². The number of benzene rings is 1. The van der Waals surface area contributed by atoms with Crippen LogP contribution in [0.25, 0.3) is 0 Å². The number of rotatable bonds is 11. The van der Waals surface area contributed by atoms with Gasteiger partial charge >= 0.3 is 5.97 Å². The molecule has 4 rings (SSSR count). The zero-order valence-corrected chi connectivity index (χ0v) is 24.0. The second kappa shape index (κ2) is 12.6. The Kier molecular flexibility index (Phi) is 9.39. The highest BCUT2D eigenvalue weighted by Crippen LogP contribution is 2.35. The number of thiazole rings is 1. The second-order valence-electron chi connectivity index (χ2n) is 10.4. The lowest BCUT2D eigenvalue weighted by molar-refractivity contribution is -0.144. The summed E-state index contributed by atoms with van der Waals surface area (Å²) in [7, 11) is -2.06. The van der Waals surface area contributed by atoms with Crippen LogP contribution in [-0.2, 0) is 28.9 Å². The van der Waals surface area contributed by atoms with Gasteiger partial charge in [0.25, 0.3) is 5.91 Å². The number of ether oxygens (including phenoxy) is 2. The van der Waals surface area contributed by atoms with Crippen LogP contribution >= 0.6 is 11.3 Å². The molecule has 1 saturated heterocycles. The predicted molar refractivity (Wildman–Crippen MR) is 146 cm³/mol. The Bertz CT molecular complexity index is 1280. The zero-order chi connectivity index (χ0) is 28.2. The number of carbonyl (C=O) groups is 3. The Morgan fingerprint density at radius 3 is 2.36 bits per heavy atom. The molecular weight excluding hydrogens is 542 g/mol. The summed E-state index contributed by atoms with van der Waals surface area (Å²) >= 11 is 1.01. The number of hydrogen-bond acceptors (Lipinski definition) is 9. The van der Waals surface area contributed by atoms with E-state index in [2.05, 4.69) is 15.6 Å². The molecule has 1 aromatic carbocycles. The summed E-state index contributed by atoms with van der Waals surface area (Å²) in [4.78, 5) is 43.0. The molecule has 2 N–H and O–H groups in total. The first-order chi connectivity index (χ1) is 18.6. The normalized spacial score (nSPS) is 17.8. The van der Waals surface area contributed by atoms with Gasteiger partial charge in [-0.1, -0.05) is 37.3 Å². The molecule has 1 aliphatic heterocycles. The highest BCUT2D eigenvalue weighted by molar-refractivity contribution is 7.92. The number of esters is 1. The largest absolute Gasteiger partial charge is 0.467 e. The molecule has 12 heteroatoms. The van der Waals surface area contributed by atoms with Crippen molar-refractivity contribution in [2.45, 2.75) is 68.1 Å². The predicted octanol–water partition coefficient (Wildman–Crippen LogP) is 3.55. The number of methoxy groups -OCH3 is 1. The number of aromatic nitrogens is 1. The van der Waals surface area contributed by atoms with Gasteiger partial charge in [0.1, 0.15) is 10.9 Å². The number of sulfone groups is 1. The average molecular weight is 578 g/mol. The van der Waals surface area contributed by atoms with Crippen LogP contribution in [0.5, 0.6) is 0 Å². The topological polar surface area (TPSA) is 141 Å². The number of nitrogens with zero attached hydrogens (tertiary/aromatic N) is 1. The van der Waals surface area contributed by atoms with Crippen molar-refractivity contribution in [1.29, 1.82) is 0 Å². The van der Waals surface area contributed by atoms with Gasteiger partial charge in [0.05, 0.1) is 29.4 Å². The molecule has 2 aliphatic rings. The van der Waals surface area contributed by atoms with Crippen molar-refractivity contribution < 1.29 is 32.3 Å². The van der Waals surface area contributed by atoms with E-state index in [1.165, 1.54) is 13.3 Å². The molecule has 1 aliphatic carbocycles. The Hall–Kier alpha value is -2.83. The maximum absolute atomic E-state index is 13.5. The summed E-state index contributed by atoms with van der Waals surface area (Å²) in [5, 5.41) is 5.46. The summed E-state index contributed by atoms with van der Waals surface area (Å²) in [5.41, 5.74) is 0.723. The first-order valence-electron chi connectivity index (χ1n) is 13.2. The number of nitrogens with one attached hydrogen (secondary N) is 2. The van der Waals surface area contributed by atoms with Gasteiger partial charge in [-0.25, -0.2) is 18.2 Å². The molecule has 0 radical (unpaired) electrons. The van der Waals surface area contributed by atoms with Crippen LogP contribution in [0.2, 0.25) is 0 Å². The number of hydrogen-bond donors (Lipinski definition) is 2. The molecule has 2 aromatic rings. The molecule has 10 nitrogen and oxygen atoms in total. The monoisotopic (exact) mass is 577 g/mol. The summed E-state index contributed by atoms with van der Waals surface area (Å²) in [5.74, 6) is -1.73. The fourth-order valence-electron chi connectivity index (χ4n) is 4.64. The molecule has 2 fully saturated rings. The van der Waals surface area contributed by atoms with E-state index in [9.17, 15) is 22.8 Å². The van der Waals surface area contributed by atoms with Crippen LogP contribution in [0, 0.1) is 11.8 Å². The quantitative estimate of drug-likeness (QED) is 0.387. The lowest BCUT2D eigenvalue weighted by Gasteiger charge is -2.26. The van der Waals surface area contributed by atoms with Gasteiger partial charge < -0.3 is 20.1 Å². The molecule has 2 amide bonds. The van der Waals surface area contributed by atoms with Crippen molar-refractivity contribution in [1.82, 2.24) is 10.3 Å². The highest BCUT2D eigenvalue weighted by Gasteiger charge is 2.37. The minimum Gasteiger partial charge on any atom is -0.467 e. The third-order valence-electron chi connectivity index (χ3n) is 7.17. The SMILES string of the molecule is COC(=O)[C@@H](NC(=O)c1cnc(NC(=O)C(CC2CCOCC2)c2ccc(S(=O)(=O)C3CC3)cc2)s1)C(C)C. The summed E-state index contributed by atoms with van der Waals surface area (Å²) in [6.45, 7) is 4.89. The molecule has 1 saturated carbocycles. The van der Waals surface area contributed by atoms with E-state index >= 15 is 0 Å². The first kappa shape index (κ1) is 29.2. The molecule has 212 valence electrons. The van der Waals surface area contributed by atoms with Crippen molar-refractivity contribution in [2.24, 2.45) is 11.8 Å². The third kappa shape index (κ3) is 7.23. The maximum Gasteiger partial charge on any atom is 0.328 e. The number of carbonyl (C=O) groups excluding carboxylic acids is 3. The van der Waals surface area contributed by atoms with Gasteiger partial charge in [-0.2, -0.15) is 0 Å². The molecule has 0 bridgehead atoms. The molecule has 1 unspecified atom stereocenters. The molecule has 2 atom stereocenters. The van der Waals surface area contributed by atoms with Gasteiger partial charge in [-0.05, 0) is 61.6 Å². The van der Waals surface area contributed by atoms with E-state index in [1.54, 1.807) is 38.1 Å². The van der Waals surface area contributed by atoms with Crippen LogP contribution < -0.4 is 10.6 Å². The Balaban J connectivity index is 1.49. The zero-order valence-electron chi connectivity index (χ0n) is 22.3. The van der Waals surface area contributed by atoms with E-state index in [1.807, 2.05) is 0 Å². The van der Waals surface area contributed by atoms with E-state index in [-0.39, 0.29) is 37.9 Å². The summed E-state index contributed by atoms with van der Waals surface area (Å²) in [6.07, 6.45) is 5.00. The molecule has 2 heterocycles. The smallest absolute Gasteiger partial charge is 0.328 e. The Labute approximate surface area is 232 Å². The third-order valence-corrected chi connectivity index (χ3v) is 10.4. The van der Waals surface area contributed by atoms with Crippen LogP contribution in [0.3, 0.4) is 0 Å². The van der Waals surface area contributed by atoms with Crippen LogP contribution in [0.1, 0.15) is 67.1 Å². The van der Waals surface area contributed by atoms with Gasteiger partial charge in [-0.3, -0.25) is 9.59 Å². The van der Waals surface area contributed by atoms with Gasteiger partial charge in [0.15, 0.2) is 15.0 Å². The minimum absolute atomic E-state index is 0.176. The van der Waals surface area contributed by atoms with Crippen LogP contribution in [0.15, 0.2) is 35.4 Å². The second-order valence-corrected chi connectivity index (χ2v) is 13.7. The first-order valence-corrected chi connectivity index (χ1v) is 15.5. The number of anilines is 1. The van der Waals surface area contributed by atoms with Gasteiger partial charge in [0.2, 0.25) is 5.91 Å². The summed E-state index contributed by atoms with van der Waals surface area (Å²) < 4.78 is 35.5. The number of amides is 2. The fraction of sp³-hybridized carbons (Fsp3) is 0.556. The van der Waals surface area contributed by atoms with Crippen LogP contribution in [0.4, 0.5) is 5.13 Å². The van der Waals surface area contributed by atoms with Crippen molar-refractivity contribution in [3.8, 4) is 0 Å². The molecule has 0 spiro atoms. The standard InChI is InChI=1S/C27H35N3O7S2/c1-16(2)23(26(33)36-3)29-25(32)22-15-28-27(38-22)30-24(31)21(14-17-10-12-37-13-11-17)18-4-6-19(7-5-18)39(34,35)20-8-9-20/h4-7,15-17,20-21,23H,8-14H2,1-3H3,(H,29,32)(H,28,30,31)/t21?,23-/m0/s1. The Morgan fingerprint density at radius 1 is 1.10 bits per heavy atom. The summed E-state index contributed by atoms with van der Waals surface area (Å²) in [6, 6.07) is 5.81. The van der Waals surface area contributed by atoms with Crippen molar-refractivity contribution >= 4 is 44.1 Å². The van der Waals surface area contributed by atoms with Gasteiger partial charge in [-0.15, -0.1) is 0 Å². The van der Waals surface area contributed by atoms with Gasteiger partial charge in [0, 0.05) is 13.2 Å². The maximum atomic E-state index is 13.5. The van der Waals surface area contributed by atoms with E-state index < -0.39 is 33.7 Å². The Morgan fingerprint density at radius 2 is 1.77 bits per heavy atom. The average Bonchev–Trinajstić information content (AvgIpc) is 3.70. The molecule has 1 aromatic heterocycles. The molecule has 39 heavy (non-hydrogen) atoms. The van der Waals surface area contributed by atoms with E-state index in [0.29, 0.717) is 32.5 Å². The highest BCUT2D eigenvalue weighted by atomic mass is 32.2. The van der Waals surface area contributed by atoms with Crippen molar-refractivity contribution in [3.05, 3.63) is 40.9 Å². The minimum atomic E-state index is -3.32. The lowest BCUT2D eigenvalue weighted by atomic mass is 9.84. The van der Waals surface area contributed by atoms with E-state index in [0.717, 1.165) is 29.7 Å². The van der Waals surface area contributed by atoms with E-state index in [4.69, 9.17) is 9.47 Å². The fourth-order valence-corrected chi connectivity index (χ4v) is 7.02. The lowest BCUT2D eigenvalue weighted by Crippen LogP contribution is -2.44. The van der Waals surface area contributed by atoms with Crippen LogP contribution in [-0.4, -0.2) is 62.8 Å². The molecular formula is C27H35N3O7S2. The van der Waals surface area contributed by atoms with Crippen molar-refractivity contribution in [2.75, 3.05) is 25.6 Å².